The van der Waals surface area contributed by atoms with Crippen molar-refractivity contribution in [1.82, 2.24) is 9.97 Å². The van der Waals surface area contributed by atoms with Gasteiger partial charge >= 0.3 is 0 Å². The van der Waals surface area contributed by atoms with Crippen molar-refractivity contribution in [3.63, 3.8) is 0 Å². The Morgan fingerprint density at radius 3 is 2.68 bits per heavy atom. The molecule has 98 valence electrons. The molecule has 5 heteroatoms. The van der Waals surface area contributed by atoms with E-state index in [0.717, 1.165) is 5.56 Å². The standard InChI is InChI=1S/C14H15N3O2/c1-10-7-8-12(15-9-10)17(2)14(18)11-5-4-6-13(16-11)19-3/h4-9H,1-3H3. The van der Waals surface area contributed by atoms with Crippen LogP contribution in [0.25, 0.3) is 0 Å². The van der Waals surface area contributed by atoms with Crippen molar-refractivity contribution in [3.05, 3.63) is 47.8 Å². The molecule has 19 heavy (non-hydrogen) atoms. The molecule has 0 bridgehead atoms. The molecule has 0 aromatic carbocycles. The number of amides is 1. The maximum atomic E-state index is 12.3. The van der Waals surface area contributed by atoms with Crippen molar-refractivity contribution in [1.29, 1.82) is 0 Å². The quantitative estimate of drug-likeness (QED) is 0.844. The number of rotatable bonds is 3. The van der Waals surface area contributed by atoms with Crippen LogP contribution in [0.3, 0.4) is 0 Å². The molecule has 2 aromatic heterocycles. The summed E-state index contributed by atoms with van der Waals surface area (Å²) in [4.78, 5) is 22.1. The molecule has 0 atom stereocenters. The second-order valence-corrected chi connectivity index (χ2v) is 4.12. The predicted molar refractivity (Wildman–Crippen MR) is 72.5 cm³/mol. The van der Waals surface area contributed by atoms with Crippen LogP contribution < -0.4 is 9.64 Å². The molecular formula is C14H15N3O2. The monoisotopic (exact) mass is 257 g/mol. The summed E-state index contributed by atoms with van der Waals surface area (Å²) >= 11 is 0. The van der Waals surface area contributed by atoms with Gasteiger partial charge in [0.05, 0.1) is 7.11 Å². The van der Waals surface area contributed by atoms with Gasteiger partial charge in [0.15, 0.2) is 0 Å². The van der Waals surface area contributed by atoms with Crippen LogP contribution in [-0.4, -0.2) is 30.0 Å². The first-order chi connectivity index (χ1) is 9.11. The maximum Gasteiger partial charge on any atom is 0.277 e. The molecule has 0 aliphatic heterocycles. The topological polar surface area (TPSA) is 55.3 Å². The van der Waals surface area contributed by atoms with Crippen LogP contribution in [0.15, 0.2) is 36.5 Å². The number of pyridine rings is 2. The summed E-state index contributed by atoms with van der Waals surface area (Å²) in [5.41, 5.74) is 1.37. The van der Waals surface area contributed by atoms with E-state index < -0.39 is 0 Å². The molecule has 0 unspecified atom stereocenters. The van der Waals surface area contributed by atoms with Crippen LogP contribution >= 0.6 is 0 Å². The normalized spacial score (nSPS) is 10.1. The Morgan fingerprint density at radius 2 is 2.05 bits per heavy atom. The third-order valence-electron chi connectivity index (χ3n) is 2.70. The van der Waals surface area contributed by atoms with Crippen molar-refractivity contribution in [2.75, 3.05) is 19.1 Å². The Morgan fingerprint density at radius 1 is 1.26 bits per heavy atom. The van der Waals surface area contributed by atoms with Gasteiger partial charge in [0, 0.05) is 19.3 Å². The highest BCUT2D eigenvalue weighted by Crippen LogP contribution is 2.14. The van der Waals surface area contributed by atoms with Crippen LogP contribution in [-0.2, 0) is 0 Å². The van der Waals surface area contributed by atoms with Gasteiger partial charge in [0.1, 0.15) is 11.5 Å². The lowest BCUT2D eigenvalue weighted by atomic mass is 10.3. The average molecular weight is 257 g/mol. The average Bonchev–Trinajstić information content (AvgIpc) is 2.46. The molecule has 2 aromatic rings. The second-order valence-electron chi connectivity index (χ2n) is 4.12. The molecule has 0 aliphatic carbocycles. The minimum absolute atomic E-state index is 0.227. The zero-order chi connectivity index (χ0) is 13.8. The SMILES string of the molecule is COc1cccc(C(=O)N(C)c2ccc(C)cn2)n1. The fourth-order valence-electron chi connectivity index (χ4n) is 1.58. The summed E-state index contributed by atoms with van der Waals surface area (Å²) < 4.78 is 5.01. The fourth-order valence-corrected chi connectivity index (χ4v) is 1.58. The van der Waals surface area contributed by atoms with Crippen LogP contribution in [0, 0.1) is 6.92 Å². The minimum Gasteiger partial charge on any atom is -0.481 e. The van der Waals surface area contributed by atoms with Gasteiger partial charge in [-0.2, -0.15) is 0 Å². The number of hydrogen-bond donors (Lipinski definition) is 0. The Kier molecular flexibility index (Phi) is 3.75. The van der Waals surface area contributed by atoms with Crippen LogP contribution in [0.5, 0.6) is 5.88 Å². The number of anilines is 1. The Labute approximate surface area is 111 Å². The second kappa shape index (κ2) is 5.48. The summed E-state index contributed by atoms with van der Waals surface area (Å²) in [7, 11) is 3.18. The zero-order valence-corrected chi connectivity index (χ0v) is 11.1. The van der Waals surface area contributed by atoms with Gasteiger partial charge in [-0.05, 0) is 24.6 Å². The van der Waals surface area contributed by atoms with E-state index in [4.69, 9.17) is 4.74 Å². The summed E-state index contributed by atoms with van der Waals surface area (Å²) in [5, 5.41) is 0. The summed E-state index contributed by atoms with van der Waals surface area (Å²) in [6.07, 6.45) is 1.72. The lowest BCUT2D eigenvalue weighted by molar-refractivity contribution is 0.0986. The molecule has 0 saturated carbocycles. The zero-order valence-electron chi connectivity index (χ0n) is 11.1. The number of carbonyl (C=O) groups excluding carboxylic acids is 1. The molecule has 1 amide bonds. The smallest absolute Gasteiger partial charge is 0.277 e. The lowest BCUT2D eigenvalue weighted by Crippen LogP contribution is -2.27. The number of methoxy groups -OCH3 is 1. The molecule has 0 radical (unpaired) electrons. The number of ether oxygens (including phenoxy) is 1. The first-order valence-corrected chi connectivity index (χ1v) is 5.83. The first-order valence-electron chi connectivity index (χ1n) is 5.83. The molecule has 0 spiro atoms. The Bertz CT molecular complexity index is 581. The molecule has 0 N–H and O–H groups in total. The van der Waals surface area contributed by atoms with E-state index in [1.165, 1.54) is 12.0 Å². The van der Waals surface area contributed by atoms with Gasteiger partial charge in [-0.15, -0.1) is 0 Å². The van der Waals surface area contributed by atoms with E-state index in [9.17, 15) is 4.79 Å². The molecule has 0 fully saturated rings. The third-order valence-corrected chi connectivity index (χ3v) is 2.70. The highest BCUT2D eigenvalue weighted by atomic mass is 16.5. The fraction of sp³-hybridized carbons (Fsp3) is 0.214. The molecule has 0 saturated heterocycles. The number of nitrogens with zero attached hydrogens (tertiary/aromatic N) is 3. The van der Waals surface area contributed by atoms with Gasteiger partial charge in [-0.25, -0.2) is 9.97 Å². The maximum absolute atomic E-state index is 12.3. The Balaban J connectivity index is 2.25. The van der Waals surface area contributed by atoms with Crippen LogP contribution in [0.4, 0.5) is 5.82 Å². The summed E-state index contributed by atoms with van der Waals surface area (Å²) in [5.74, 6) is 0.770. The largest absolute Gasteiger partial charge is 0.481 e. The number of aryl methyl sites for hydroxylation is 1. The summed E-state index contributed by atoms with van der Waals surface area (Å²) in [6, 6.07) is 8.78. The van der Waals surface area contributed by atoms with Gasteiger partial charge in [-0.3, -0.25) is 9.69 Å². The molecular weight excluding hydrogens is 242 g/mol. The van der Waals surface area contributed by atoms with Gasteiger partial charge in [-0.1, -0.05) is 12.1 Å². The van der Waals surface area contributed by atoms with Crippen LogP contribution in [0.1, 0.15) is 16.1 Å². The van der Waals surface area contributed by atoms with Gasteiger partial charge < -0.3 is 4.74 Å². The van der Waals surface area contributed by atoms with Gasteiger partial charge in [0.25, 0.3) is 5.91 Å². The highest BCUT2D eigenvalue weighted by molar-refractivity contribution is 6.03. The molecule has 2 rings (SSSR count). The minimum atomic E-state index is -0.227. The van der Waals surface area contributed by atoms with E-state index in [1.807, 2.05) is 13.0 Å². The first kappa shape index (κ1) is 13.0. The third kappa shape index (κ3) is 2.88. The van der Waals surface area contributed by atoms with Crippen molar-refractivity contribution >= 4 is 11.7 Å². The molecule has 2 heterocycles. The summed E-state index contributed by atoms with van der Waals surface area (Å²) in [6.45, 7) is 1.95. The Hall–Kier alpha value is -2.43. The van der Waals surface area contributed by atoms with E-state index in [-0.39, 0.29) is 5.91 Å². The van der Waals surface area contributed by atoms with E-state index in [2.05, 4.69) is 9.97 Å². The van der Waals surface area contributed by atoms with E-state index >= 15 is 0 Å². The van der Waals surface area contributed by atoms with Crippen molar-refractivity contribution in [3.8, 4) is 5.88 Å². The van der Waals surface area contributed by atoms with Crippen molar-refractivity contribution in [2.24, 2.45) is 0 Å². The van der Waals surface area contributed by atoms with Crippen molar-refractivity contribution in [2.45, 2.75) is 6.92 Å². The predicted octanol–water partition coefficient (Wildman–Crippen LogP) is 2.07. The van der Waals surface area contributed by atoms with Crippen LogP contribution in [0.2, 0.25) is 0 Å². The lowest BCUT2D eigenvalue weighted by Gasteiger charge is -2.16. The highest BCUT2D eigenvalue weighted by Gasteiger charge is 2.16. The van der Waals surface area contributed by atoms with Gasteiger partial charge in [0.2, 0.25) is 5.88 Å². The van der Waals surface area contributed by atoms with E-state index in [1.54, 1.807) is 37.5 Å². The number of carbonyl (C=O) groups is 1. The van der Waals surface area contributed by atoms with Crippen molar-refractivity contribution < 1.29 is 9.53 Å². The number of aromatic nitrogens is 2. The number of hydrogen-bond acceptors (Lipinski definition) is 4. The molecule has 5 nitrogen and oxygen atoms in total. The molecule has 0 aliphatic rings. The van der Waals surface area contributed by atoms with E-state index in [0.29, 0.717) is 17.4 Å².